The second-order valence-electron chi connectivity index (χ2n) is 38.6. The van der Waals surface area contributed by atoms with E-state index in [1.165, 1.54) is 214 Å². The van der Waals surface area contributed by atoms with Crippen LogP contribution in [0.1, 0.15) is 143 Å². The largest absolute Gasteiger partial charge is 0.310 e. The first-order valence-corrected chi connectivity index (χ1v) is 47.0. The average Bonchev–Trinajstić information content (AvgIpc) is 1.50. The lowest BCUT2D eigenvalue weighted by atomic mass is 9.67. The van der Waals surface area contributed by atoms with Crippen LogP contribution in [-0.4, -0.2) is 0 Å². The molecule has 3 atom stereocenters. The van der Waals surface area contributed by atoms with Crippen LogP contribution in [0.2, 0.25) is 0 Å². The van der Waals surface area contributed by atoms with E-state index in [1.54, 1.807) is 0 Å². The zero-order valence-corrected chi connectivity index (χ0v) is 74.1. The third kappa shape index (κ3) is 9.92. The number of benzene rings is 19. The summed E-state index contributed by atoms with van der Waals surface area (Å²) in [5, 5.41) is 5.11. The molecule has 606 valence electrons. The van der Waals surface area contributed by atoms with Crippen LogP contribution in [0.4, 0.5) is 34.1 Å². The summed E-state index contributed by atoms with van der Waals surface area (Å²) in [6.45, 7) is 17.1. The molecule has 0 amide bonds. The first kappa shape index (κ1) is 74.3. The van der Waals surface area contributed by atoms with Crippen LogP contribution >= 0.6 is 23.5 Å². The van der Waals surface area contributed by atoms with E-state index in [2.05, 4.69) is 453 Å². The van der Waals surface area contributed by atoms with Crippen LogP contribution in [-0.2, 0) is 38.9 Å². The molecule has 0 radical (unpaired) electrons. The number of nitrogens with zero attached hydrogens (tertiary/aromatic N) is 2. The quantitative estimate of drug-likeness (QED) is 0.142. The van der Waals surface area contributed by atoms with Gasteiger partial charge < -0.3 is 9.80 Å². The molecule has 2 heterocycles. The number of fused-ring (bicyclic) bond motifs is 34. The monoisotopic (exact) mass is 1670 g/mol. The van der Waals surface area contributed by atoms with Gasteiger partial charge in [0.05, 0.1) is 10.8 Å². The third-order valence-corrected chi connectivity index (χ3v) is 33.5. The van der Waals surface area contributed by atoms with E-state index in [0.717, 1.165) is 40.5 Å². The van der Waals surface area contributed by atoms with Gasteiger partial charge in [-0.05, 0) is 304 Å². The van der Waals surface area contributed by atoms with Crippen molar-refractivity contribution in [2.24, 2.45) is 0 Å². The Morgan fingerprint density at radius 1 is 0.203 bits per heavy atom. The molecule has 0 N–H and O–H groups in total. The fourth-order valence-corrected chi connectivity index (χ4v) is 27.7. The number of rotatable bonds is 9. The summed E-state index contributed by atoms with van der Waals surface area (Å²) in [6, 6.07) is 153. The minimum atomic E-state index is -0.584. The minimum Gasteiger partial charge on any atom is -0.310 e. The molecule has 19 aromatic carbocycles. The van der Waals surface area contributed by atoms with Crippen LogP contribution in [0.3, 0.4) is 0 Å². The van der Waals surface area contributed by atoms with Crippen molar-refractivity contribution >= 4 is 79.2 Å². The fourth-order valence-electron chi connectivity index (χ4n) is 25.3. The van der Waals surface area contributed by atoms with Gasteiger partial charge >= 0.3 is 0 Å². The zero-order chi connectivity index (χ0) is 85.2. The predicted molar refractivity (Wildman–Crippen MR) is 534 cm³/mol. The van der Waals surface area contributed by atoms with E-state index in [0.29, 0.717) is 0 Å². The Morgan fingerprint density at radius 2 is 0.523 bits per heavy atom. The van der Waals surface area contributed by atoms with Crippen LogP contribution in [0, 0.1) is 0 Å². The molecule has 2 spiro atoms. The maximum atomic E-state index is 2.59. The van der Waals surface area contributed by atoms with E-state index in [-0.39, 0.29) is 16.2 Å². The summed E-state index contributed by atoms with van der Waals surface area (Å²) in [5.74, 6) is 0. The lowest BCUT2D eigenvalue weighted by molar-refractivity contribution is 0.581. The first-order valence-electron chi connectivity index (χ1n) is 45.4. The van der Waals surface area contributed by atoms with Crippen LogP contribution in [0.5, 0.6) is 0 Å². The van der Waals surface area contributed by atoms with Crippen LogP contribution < -0.4 is 9.80 Å². The Balaban J connectivity index is 0.569. The highest BCUT2D eigenvalue weighted by molar-refractivity contribution is 7.99. The molecular formula is C124H88N2S2. The molecule has 0 aromatic heterocycles. The van der Waals surface area contributed by atoms with Gasteiger partial charge in [-0.25, -0.2) is 0 Å². The van der Waals surface area contributed by atoms with Crippen molar-refractivity contribution in [3.63, 3.8) is 0 Å². The standard InChI is InChI=1S/C124H88N2S2/c1-119(2)97-35-17-12-30-87(97)91-58-52-80(68-107(91)119)125(79-50-45-75(46-51-79)78-49-64-115-111(67-78)123(102-40-22-24-42-113(102)127-115)100-38-20-15-33-95(100)117-85-28-10-8-26-76(85)47-62-104(117)123)83-55-61-94-89-32-14-19-37-99(89)122(7,110(94)71-83)73-74-44-57-90-93-60-54-82(70-109(93)121(5,6)106(90)66-74)126(81-53-59-92-88-31-13-18-36-98(88)120(3,4)108(92)69-81)84-56-65-116-112(72-84)124(103-41-23-25-43-114(103)128-116)101-39-21-16-34-96(101)118-86-29-11-9-27-77(86)48-63-105(118)124/h8-72H,73H2,1-7H3. The first-order chi connectivity index (χ1) is 62.6. The minimum absolute atomic E-state index is 0.206. The highest BCUT2D eigenvalue weighted by Crippen LogP contribution is 2.68. The van der Waals surface area contributed by atoms with Crippen molar-refractivity contribution in [3.8, 4) is 77.9 Å². The summed E-state index contributed by atoms with van der Waals surface area (Å²) in [4.78, 5) is 10.3. The molecule has 0 saturated carbocycles. The highest BCUT2D eigenvalue weighted by atomic mass is 32.2. The van der Waals surface area contributed by atoms with Gasteiger partial charge in [0.25, 0.3) is 0 Å². The van der Waals surface area contributed by atoms with Gasteiger partial charge in [-0.2, -0.15) is 0 Å². The summed E-state index contributed by atoms with van der Waals surface area (Å²) < 4.78 is 0. The van der Waals surface area contributed by atoms with E-state index < -0.39 is 16.2 Å². The highest BCUT2D eigenvalue weighted by Gasteiger charge is 2.54. The number of hydrogen-bond acceptors (Lipinski definition) is 4. The molecule has 2 aliphatic heterocycles. The fraction of sp³-hybridized carbons (Fsp3) is 0.113. The van der Waals surface area contributed by atoms with Crippen molar-refractivity contribution < 1.29 is 0 Å². The van der Waals surface area contributed by atoms with Gasteiger partial charge in [-0.3, -0.25) is 0 Å². The van der Waals surface area contributed by atoms with Crippen molar-refractivity contribution in [1.29, 1.82) is 0 Å². The second kappa shape index (κ2) is 26.6. The average molecular weight is 1670 g/mol. The molecule has 27 rings (SSSR count). The van der Waals surface area contributed by atoms with Gasteiger partial charge in [0.1, 0.15) is 0 Å². The number of anilines is 6. The van der Waals surface area contributed by atoms with Gasteiger partial charge in [-0.15, -0.1) is 0 Å². The topological polar surface area (TPSA) is 6.48 Å². The number of hydrogen-bond donors (Lipinski definition) is 0. The molecule has 0 bridgehead atoms. The van der Waals surface area contributed by atoms with Crippen molar-refractivity contribution in [2.75, 3.05) is 9.80 Å². The lowest BCUT2D eigenvalue weighted by Gasteiger charge is -2.40. The zero-order valence-electron chi connectivity index (χ0n) is 72.4. The Morgan fingerprint density at radius 3 is 1.02 bits per heavy atom. The van der Waals surface area contributed by atoms with Crippen molar-refractivity contribution in [3.05, 3.63) is 489 Å². The third-order valence-electron chi connectivity index (χ3n) is 31.2. The Hall–Kier alpha value is -14.0. The van der Waals surface area contributed by atoms with E-state index >= 15 is 0 Å². The van der Waals surface area contributed by atoms with Gasteiger partial charge in [0.2, 0.25) is 0 Å². The Labute approximate surface area is 757 Å². The molecule has 8 aliphatic rings. The van der Waals surface area contributed by atoms with Crippen molar-refractivity contribution in [2.45, 2.75) is 107 Å². The summed E-state index contributed by atoms with van der Waals surface area (Å²) in [7, 11) is 0. The van der Waals surface area contributed by atoms with Gasteiger partial charge in [0, 0.05) is 75.4 Å². The molecule has 2 nitrogen and oxygen atoms in total. The lowest BCUT2D eigenvalue weighted by Crippen LogP contribution is -2.32. The molecule has 19 aromatic rings. The van der Waals surface area contributed by atoms with Gasteiger partial charge in [-0.1, -0.05) is 363 Å². The maximum absolute atomic E-state index is 2.59. The molecular weight excluding hydrogens is 1580 g/mol. The maximum Gasteiger partial charge on any atom is 0.0736 e. The van der Waals surface area contributed by atoms with E-state index in [4.69, 9.17) is 0 Å². The summed E-state index contributed by atoms with van der Waals surface area (Å²) in [6.07, 6.45) is 0.811. The molecule has 0 fully saturated rings. The van der Waals surface area contributed by atoms with E-state index in [9.17, 15) is 0 Å². The molecule has 3 unspecified atom stereocenters. The van der Waals surface area contributed by atoms with Gasteiger partial charge in [0.15, 0.2) is 0 Å². The van der Waals surface area contributed by atoms with Crippen molar-refractivity contribution in [1.82, 2.24) is 0 Å². The molecule has 6 aliphatic carbocycles. The second-order valence-corrected chi connectivity index (χ2v) is 40.8. The molecule has 0 saturated heterocycles. The normalized spacial score (nSPS) is 18.1. The van der Waals surface area contributed by atoms with Crippen LogP contribution in [0.25, 0.3) is 99.4 Å². The molecule has 4 heteroatoms. The SMILES string of the molecule is CC1(C)c2ccccc2-c2ccc(N(c3ccc(-c4ccc5c(c4)C4(c6ccccc6S5)c5ccccc5-c5c4ccc4ccccc54)cc3)c3ccc4c(c3)C(C)(Cc3ccc5c(c3)C(C)(C)c3cc(N(c6ccc7c(c6)C(C)(C)c6ccccc6-7)c6ccc7c(c6)C6(c8ccccc8S7)c7ccccc7-c7c6ccc6ccccc76)ccc3-5)c3ccccc3-4)cc21. The van der Waals surface area contributed by atoms with E-state index in [1.807, 2.05) is 23.5 Å². The summed E-state index contributed by atoms with van der Waals surface area (Å²) in [5.41, 5.74) is 45.5. The smallest absolute Gasteiger partial charge is 0.0736 e. The van der Waals surface area contributed by atoms with Crippen LogP contribution in [0.15, 0.2) is 414 Å². The Bertz CT molecular complexity index is 8130. The predicted octanol–water partition coefficient (Wildman–Crippen LogP) is 32.7. The Kier molecular flexibility index (Phi) is 15.4. The summed E-state index contributed by atoms with van der Waals surface area (Å²) >= 11 is 3.82. The molecule has 128 heavy (non-hydrogen) atoms.